The first-order valence-corrected chi connectivity index (χ1v) is 12.8. The summed E-state index contributed by atoms with van der Waals surface area (Å²) in [6.07, 6.45) is 3.54. The highest BCUT2D eigenvalue weighted by molar-refractivity contribution is 5.95. The first-order valence-electron chi connectivity index (χ1n) is 12.8. The number of hydrogen-bond donors (Lipinski definition) is 0. The van der Waals surface area contributed by atoms with E-state index in [2.05, 4.69) is 29.0 Å². The van der Waals surface area contributed by atoms with E-state index in [9.17, 15) is 4.79 Å². The molecule has 0 bridgehead atoms. The van der Waals surface area contributed by atoms with E-state index in [0.717, 1.165) is 52.1 Å². The average Bonchev–Trinajstić information content (AvgIpc) is 3.38. The zero-order valence-corrected chi connectivity index (χ0v) is 24.0. The van der Waals surface area contributed by atoms with Gasteiger partial charge in [-0.15, -0.1) is 0 Å². The molecule has 2 aliphatic heterocycles. The van der Waals surface area contributed by atoms with E-state index in [0.29, 0.717) is 23.5 Å². The Hall–Kier alpha value is -3.78. The van der Waals surface area contributed by atoms with Crippen molar-refractivity contribution >= 4 is 16.7 Å². The molecule has 0 saturated carbocycles. The molecule has 8 heteroatoms. The van der Waals surface area contributed by atoms with Crippen LogP contribution in [0.1, 0.15) is 40.9 Å². The van der Waals surface area contributed by atoms with Crippen LogP contribution in [0.4, 0.5) is 0 Å². The number of carbonyl (C=O) groups excluding carboxylic acids is 1. The number of aromatic nitrogens is 1. The van der Waals surface area contributed by atoms with Gasteiger partial charge in [0.1, 0.15) is 0 Å². The van der Waals surface area contributed by atoms with Gasteiger partial charge in [-0.1, -0.05) is 12.1 Å². The van der Waals surface area contributed by atoms with Crippen LogP contribution in [0.2, 0.25) is 0 Å². The molecule has 202 valence electrons. The maximum atomic E-state index is 12.4. The zero-order chi connectivity index (χ0) is 26.4. The summed E-state index contributed by atoms with van der Waals surface area (Å²) >= 11 is 0. The fourth-order valence-corrected chi connectivity index (χ4v) is 5.43. The third kappa shape index (κ3) is 4.78. The summed E-state index contributed by atoms with van der Waals surface area (Å²) in [7, 11) is 3.33. The Balaban J connectivity index is 0.00000308. The first kappa shape index (κ1) is 26.8. The van der Waals surface area contributed by atoms with Crippen LogP contribution in [0.3, 0.4) is 0 Å². The lowest BCUT2D eigenvalue weighted by atomic mass is 9.88. The Kier molecular flexibility index (Phi) is 7.40. The van der Waals surface area contributed by atoms with Gasteiger partial charge in [0.2, 0.25) is 12.5 Å². The molecular weight excluding hydrogens is 562 g/mol. The van der Waals surface area contributed by atoms with Gasteiger partial charge in [-0.2, -0.15) is 4.57 Å². The Morgan fingerprint density at radius 2 is 1.72 bits per heavy atom. The second-order valence-corrected chi connectivity index (χ2v) is 9.85. The SMILES string of the molecule is COc1ccc2c(Cc3ccc(C(=O)OC(C)C)cc3)c3[n+](cc2c1OC)CCc1cc2c(cc1-3)OCO2.[Br-]. The molecule has 0 unspecified atom stereocenters. The Morgan fingerprint density at radius 1 is 0.974 bits per heavy atom. The van der Waals surface area contributed by atoms with Crippen molar-refractivity contribution < 1.29 is 50.0 Å². The normalized spacial score (nSPS) is 12.9. The van der Waals surface area contributed by atoms with Gasteiger partial charge in [0.15, 0.2) is 35.7 Å². The Morgan fingerprint density at radius 3 is 2.41 bits per heavy atom. The highest BCUT2D eigenvalue weighted by Gasteiger charge is 2.32. The van der Waals surface area contributed by atoms with Gasteiger partial charge >= 0.3 is 5.97 Å². The minimum atomic E-state index is -0.313. The number of carbonyl (C=O) groups is 1. The van der Waals surface area contributed by atoms with E-state index in [1.165, 1.54) is 11.1 Å². The van der Waals surface area contributed by atoms with Crippen LogP contribution in [0.25, 0.3) is 22.0 Å². The van der Waals surface area contributed by atoms with Crippen molar-refractivity contribution in [2.45, 2.75) is 39.3 Å². The van der Waals surface area contributed by atoms with Crippen molar-refractivity contribution in [2.75, 3.05) is 21.0 Å². The monoisotopic (exact) mass is 591 g/mol. The predicted octanol–water partition coefficient (Wildman–Crippen LogP) is 2.26. The lowest BCUT2D eigenvalue weighted by Gasteiger charge is -2.21. The average molecular weight is 592 g/mol. The summed E-state index contributed by atoms with van der Waals surface area (Å²) in [4.78, 5) is 12.4. The molecule has 1 aromatic heterocycles. The maximum absolute atomic E-state index is 12.4. The molecule has 0 N–H and O–H groups in total. The molecule has 4 aromatic rings. The quantitative estimate of drug-likeness (QED) is 0.253. The molecule has 0 aliphatic carbocycles. The minimum absolute atomic E-state index is 0. The summed E-state index contributed by atoms with van der Waals surface area (Å²) in [6, 6.07) is 15.9. The molecule has 6 rings (SSSR count). The van der Waals surface area contributed by atoms with E-state index < -0.39 is 0 Å². The lowest BCUT2D eigenvalue weighted by Crippen LogP contribution is -3.00. The van der Waals surface area contributed by atoms with Crippen molar-refractivity contribution in [3.63, 3.8) is 0 Å². The molecule has 7 nitrogen and oxygen atoms in total. The van der Waals surface area contributed by atoms with E-state index >= 15 is 0 Å². The molecule has 0 atom stereocenters. The number of aryl methyl sites for hydroxylation is 2. The van der Waals surface area contributed by atoms with Gasteiger partial charge in [0.25, 0.3) is 0 Å². The molecular formula is C31H30BrNO6. The van der Waals surface area contributed by atoms with Crippen LogP contribution in [0.15, 0.2) is 54.7 Å². The van der Waals surface area contributed by atoms with E-state index in [1.54, 1.807) is 14.2 Å². The van der Waals surface area contributed by atoms with Crippen molar-refractivity contribution in [3.05, 3.63) is 77.0 Å². The first-order chi connectivity index (χ1) is 18.5. The van der Waals surface area contributed by atoms with Gasteiger partial charge < -0.3 is 40.7 Å². The number of nitrogens with zero attached hydrogens (tertiary/aromatic N) is 1. The van der Waals surface area contributed by atoms with Crippen LogP contribution in [-0.2, 0) is 24.1 Å². The number of halogens is 1. The Labute approximate surface area is 238 Å². The summed E-state index contributed by atoms with van der Waals surface area (Å²) in [6.45, 7) is 4.76. The molecule has 0 fully saturated rings. The van der Waals surface area contributed by atoms with E-state index in [-0.39, 0.29) is 35.8 Å². The third-order valence-corrected chi connectivity index (χ3v) is 7.16. The summed E-state index contributed by atoms with van der Waals surface area (Å²) in [5.74, 6) is 2.66. The second-order valence-electron chi connectivity index (χ2n) is 9.85. The van der Waals surface area contributed by atoms with Gasteiger partial charge in [-0.05, 0) is 61.4 Å². The van der Waals surface area contributed by atoms with Gasteiger partial charge in [0.05, 0.1) is 36.8 Å². The Bertz CT molecular complexity index is 1560. The van der Waals surface area contributed by atoms with Crippen LogP contribution in [0.5, 0.6) is 23.0 Å². The van der Waals surface area contributed by atoms with E-state index in [1.807, 2.05) is 44.2 Å². The minimum Gasteiger partial charge on any atom is -1.00 e. The third-order valence-electron chi connectivity index (χ3n) is 7.16. The molecule has 2 aliphatic rings. The molecule has 39 heavy (non-hydrogen) atoms. The fourth-order valence-electron chi connectivity index (χ4n) is 5.43. The summed E-state index contributed by atoms with van der Waals surface area (Å²) in [5, 5.41) is 2.08. The molecule has 0 radical (unpaired) electrons. The second kappa shape index (κ2) is 10.8. The number of hydrogen-bond acceptors (Lipinski definition) is 6. The van der Waals surface area contributed by atoms with Crippen molar-refractivity contribution in [3.8, 4) is 34.3 Å². The van der Waals surface area contributed by atoms with Crippen LogP contribution in [0, 0.1) is 0 Å². The number of ether oxygens (including phenoxy) is 5. The standard InChI is InChI=1S/C31H30NO6.BrH/c1-18(2)38-31(33)20-7-5-19(6-8-20)13-24-22-9-10-26(34-3)30(35-4)25(22)16-32-12-11-21-14-27-28(37-17-36-27)15-23(21)29(24)32;/h5-10,14-16,18H,11-13,17H2,1-4H3;1H/q+1;/p-1. The van der Waals surface area contributed by atoms with Crippen molar-refractivity contribution in [1.29, 1.82) is 0 Å². The fraction of sp³-hybridized carbons (Fsp3) is 0.290. The smallest absolute Gasteiger partial charge is 0.338 e. The number of esters is 1. The van der Waals surface area contributed by atoms with Gasteiger partial charge in [-0.3, -0.25) is 0 Å². The summed E-state index contributed by atoms with van der Waals surface area (Å²) in [5.41, 5.74) is 6.32. The van der Waals surface area contributed by atoms with E-state index in [4.69, 9.17) is 23.7 Å². The highest BCUT2D eigenvalue weighted by atomic mass is 79.9. The van der Waals surface area contributed by atoms with Gasteiger partial charge in [0, 0.05) is 23.8 Å². The van der Waals surface area contributed by atoms with Crippen molar-refractivity contribution in [1.82, 2.24) is 0 Å². The predicted molar refractivity (Wildman–Crippen MR) is 142 cm³/mol. The highest BCUT2D eigenvalue weighted by Crippen LogP contribution is 2.44. The number of benzene rings is 3. The number of rotatable bonds is 6. The molecule has 3 aromatic carbocycles. The number of methoxy groups -OCH3 is 2. The van der Waals surface area contributed by atoms with Crippen LogP contribution in [-0.4, -0.2) is 33.1 Å². The van der Waals surface area contributed by atoms with Crippen LogP contribution < -0.4 is 40.5 Å². The molecule has 0 amide bonds. The molecule has 3 heterocycles. The van der Waals surface area contributed by atoms with Crippen LogP contribution >= 0.6 is 0 Å². The number of pyridine rings is 1. The lowest BCUT2D eigenvalue weighted by molar-refractivity contribution is -0.686. The number of fused-ring (bicyclic) bond motifs is 5. The topological polar surface area (TPSA) is 67.1 Å². The molecule has 0 saturated heterocycles. The zero-order valence-electron chi connectivity index (χ0n) is 22.4. The summed E-state index contributed by atoms with van der Waals surface area (Å²) < 4.78 is 30.5. The van der Waals surface area contributed by atoms with Crippen molar-refractivity contribution in [2.24, 2.45) is 0 Å². The maximum Gasteiger partial charge on any atom is 0.338 e. The molecule has 0 spiro atoms. The van der Waals surface area contributed by atoms with Gasteiger partial charge in [-0.25, -0.2) is 4.79 Å². The largest absolute Gasteiger partial charge is 1.00 e.